The van der Waals surface area contributed by atoms with E-state index in [1.165, 1.54) is 10.5 Å². The zero-order valence-electron chi connectivity index (χ0n) is 9.69. The molecular weight excluding hydrogens is 216 g/mol. The average molecular weight is 232 g/mol. The van der Waals surface area contributed by atoms with E-state index < -0.39 is 0 Å². The number of benzene rings is 1. The van der Waals surface area contributed by atoms with Crippen molar-refractivity contribution in [1.29, 1.82) is 0 Å². The Balaban J connectivity index is 1.81. The Bertz CT molecular complexity index is 387. The highest BCUT2D eigenvalue weighted by atomic mass is 16.2. The minimum atomic E-state index is -0.116. The van der Waals surface area contributed by atoms with Crippen LogP contribution in [0.4, 0.5) is 0 Å². The van der Waals surface area contributed by atoms with Crippen LogP contribution in [0.5, 0.6) is 0 Å². The summed E-state index contributed by atoms with van der Waals surface area (Å²) < 4.78 is 0. The lowest BCUT2D eigenvalue weighted by Gasteiger charge is -2.25. The van der Waals surface area contributed by atoms with Crippen molar-refractivity contribution >= 4 is 11.8 Å². The van der Waals surface area contributed by atoms with Gasteiger partial charge in [-0.3, -0.25) is 19.8 Å². The first-order chi connectivity index (χ1) is 8.27. The number of carbonyl (C=O) groups excluding carboxylic acids is 2. The minimum absolute atomic E-state index is 0.116. The van der Waals surface area contributed by atoms with E-state index >= 15 is 0 Å². The molecule has 1 aliphatic heterocycles. The number of hydrogen-bond donors (Lipinski definition) is 1. The van der Waals surface area contributed by atoms with Crippen molar-refractivity contribution in [2.24, 2.45) is 0 Å². The molecule has 0 saturated carbocycles. The minimum Gasteiger partial charge on any atom is -0.300 e. The first kappa shape index (κ1) is 11.8. The van der Waals surface area contributed by atoms with Gasteiger partial charge in [0.2, 0.25) is 11.8 Å². The maximum absolute atomic E-state index is 11.5. The van der Waals surface area contributed by atoms with Crippen molar-refractivity contribution in [3.05, 3.63) is 35.9 Å². The molecule has 2 amide bonds. The van der Waals surface area contributed by atoms with Gasteiger partial charge in [-0.15, -0.1) is 0 Å². The van der Waals surface area contributed by atoms with Crippen molar-refractivity contribution in [2.45, 2.75) is 12.8 Å². The van der Waals surface area contributed by atoms with Crippen LogP contribution in [0.25, 0.3) is 0 Å². The van der Waals surface area contributed by atoms with E-state index in [1.807, 2.05) is 18.2 Å². The Morgan fingerprint density at radius 1 is 1.06 bits per heavy atom. The van der Waals surface area contributed by atoms with Gasteiger partial charge in [0.1, 0.15) is 0 Å². The standard InChI is InChI=1S/C13H16N2O2/c16-12-9-14-10-13(17)15(12)8-4-7-11-5-2-1-3-6-11/h1-3,5-6,14H,4,7-10H2. The summed E-state index contributed by atoms with van der Waals surface area (Å²) in [7, 11) is 0. The zero-order chi connectivity index (χ0) is 12.1. The Labute approximate surface area is 101 Å². The zero-order valence-corrected chi connectivity index (χ0v) is 9.69. The fraction of sp³-hybridized carbons (Fsp3) is 0.385. The molecule has 1 aliphatic rings. The predicted octanol–water partition coefficient (Wildman–Crippen LogP) is 0.578. The van der Waals surface area contributed by atoms with E-state index in [0.717, 1.165) is 12.8 Å². The number of imide groups is 1. The monoisotopic (exact) mass is 232 g/mol. The molecular formula is C13H16N2O2. The predicted molar refractivity (Wildman–Crippen MR) is 64.4 cm³/mol. The molecule has 0 unspecified atom stereocenters. The highest BCUT2D eigenvalue weighted by molar-refractivity contribution is 5.99. The van der Waals surface area contributed by atoms with Gasteiger partial charge in [0.15, 0.2) is 0 Å². The van der Waals surface area contributed by atoms with E-state index in [0.29, 0.717) is 6.54 Å². The van der Waals surface area contributed by atoms with E-state index in [2.05, 4.69) is 17.4 Å². The summed E-state index contributed by atoms with van der Waals surface area (Å²) in [6.07, 6.45) is 1.72. The SMILES string of the molecule is O=C1CNCC(=O)N1CCCc1ccccc1. The summed E-state index contributed by atoms with van der Waals surface area (Å²) in [6.45, 7) is 1.07. The summed E-state index contributed by atoms with van der Waals surface area (Å²) in [6, 6.07) is 10.1. The van der Waals surface area contributed by atoms with Crippen molar-refractivity contribution in [1.82, 2.24) is 10.2 Å². The van der Waals surface area contributed by atoms with Crippen LogP contribution in [-0.2, 0) is 16.0 Å². The maximum atomic E-state index is 11.5. The molecule has 4 heteroatoms. The highest BCUT2D eigenvalue weighted by Gasteiger charge is 2.24. The van der Waals surface area contributed by atoms with Crippen LogP contribution in [-0.4, -0.2) is 36.3 Å². The molecule has 0 radical (unpaired) electrons. The average Bonchev–Trinajstić information content (AvgIpc) is 2.34. The molecule has 1 aromatic rings. The fourth-order valence-corrected chi connectivity index (χ4v) is 1.94. The van der Waals surface area contributed by atoms with Gasteiger partial charge in [-0.2, -0.15) is 0 Å². The number of nitrogens with zero attached hydrogens (tertiary/aromatic N) is 1. The Morgan fingerprint density at radius 2 is 1.71 bits per heavy atom. The molecule has 4 nitrogen and oxygen atoms in total. The number of piperazine rings is 1. The van der Waals surface area contributed by atoms with Crippen molar-refractivity contribution in [3.63, 3.8) is 0 Å². The number of rotatable bonds is 4. The van der Waals surface area contributed by atoms with Gasteiger partial charge in [0, 0.05) is 6.54 Å². The number of hydrogen-bond acceptors (Lipinski definition) is 3. The van der Waals surface area contributed by atoms with Gasteiger partial charge in [-0.25, -0.2) is 0 Å². The van der Waals surface area contributed by atoms with E-state index in [4.69, 9.17) is 0 Å². The molecule has 0 aliphatic carbocycles. The summed E-state index contributed by atoms with van der Waals surface area (Å²) in [5, 5.41) is 2.78. The van der Waals surface area contributed by atoms with Gasteiger partial charge in [-0.1, -0.05) is 30.3 Å². The molecule has 2 rings (SSSR count). The smallest absolute Gasteiger partial charge is 0.243 e. The summed E-state index contributed by atoms with van der Waals surface area (Å²) >= 11 is 0. The Hall–Kier alpha value is -1.68. The summed E-state index contributed by atoms with van der Waals surface area (Å²) in [5.74, 6) is -0.233. The molecule has 0 spiro atoms. The number of aryl methyl sites for hydroxylation is 1. The van der Waals surface area contributed by atoms with Gasteiger partial charge in [0.25, 0.3) is 0 Å². The Morgan fingerprint density at radius 3 is 2.35 bits per heavy atom. The molecule has 1 saturated heterocycles. The molecule has 1 heterocycles. The highest BCUT2D eigenvalue weighted by Crippen LogP contribution is 2.05. The number of carbonyl (C=O) groups is 2. The van der Waals surface area contributed by atoms with E-state index in [1.54, 1.807) is 0 Å². The third-order valence-electron chi connectivity index (χ3n) is 2.84. The van der Waals surface area contributed by atoms with Crippen LogP contribution in [0.15, 0.2) is 30.3 Å². The molecule has 1 fully saturated rings. The molecule has 1 aromatic carbocycles. The second-order valence-electron chi connectivity index (χ2n) is 4.13. The Kier molecular flexibility index (Phi) is 3.88. The second kappa shape index (κ2) is 5.59. The van der Waals surface area contributed by atoms with E-state index in [-0.39, 0.29) is 24.9 Å². The topological polar surface area (TPSA) is 49.4 Å². The molecule has 0 atom stereocenters. The lowest BCUT2D eigenvalue weighted by atomic mass is 10.1. The second-order valence-corrected chi connectivity index (χ2v) is 4.13. The van der Waals surface area contributed by atoms with Crippen molar-refractivity contribution < 1.29 is 9.59 Å². The van der Waals surface area contributed by atoms with Crippen LogP contribution in [0.2, 0.25) is 0 Å². The van der Waals surface area contributed by atoms with Gasteiger partial charge >= 0.3 is 0 Å². The maximum Gasteiger partial charge on any atom is 0.243 e. The van der Waals surface area contributed by atoms with Gasteiger partial charge in [0.05, 0.1) is 13.1 Å². The van der Waals surface area contributed by atoms with Gasteiger partial charge in [-0.05, 0) is 18.4 Å². The molecule has 0 bridgehead atoms. The fourth-order valence-electron chi connectivity index (χ4n) is 1.94. The largest absolute Gasteiger partial charge is 0.300 e. The molecule has 0 aromatic heterocycles. The quantitative estimate of drug-likeness (QED) is 0.772. The van der Waals surface area contributed by atoms with Gasteiger partial charge < -0.3 is 0 Å². The van der Waals surface area contributed by atoms with Crippen LogP contribution in [0.3, 0.4) is 0 Å². The number of nitrogens with one attached hydrogen (secondary N) is 1. The van der Waals surface area contributed by atoms with E-state index in [9.17, 15) is 9.59 Å². The first-order valence-electron chi connectivity index (χ1n) is 5.85. The molecule has 17 heavy (non-hydrogen) atoms. The lowest BCUT2D eigenvalue weighted by molar-refractivity contribution is -0.146. The molecule has 90 valence electrons. The third kappa shape index (κ3) is 3.14. The van der Waals surface area contributed by atoms with Crippen LogP contribution >= 0.6 is 0 Å². The van der Waals surface area contributed by atoms with Crippen molar-refractivity contribution in [2.75, 3.05) is 19.6 Å². The first-order valence-corrected chi connectivity index (χ1v) is 5.85. The normalized spacial score (nSPS) is 16.4. The number of amides is 2. The lowest BCUT2D eigenvalue weighted by Crippen LogP contribution is -2.52. The summed E-state index contributed by atoms with van der Waals surface area (Å²) in [4.78, 5) is 24.3. The van der Waals surface area contributed by atoms with Crippen LogP contribution < -0.4 is 5.32 Å². The van der Waals surface area contributed by atoms with Crippen LogP contribution in [0, 0.1) is 0 Å². The van der Waals surface area contributed by atoms with Crippen molar-refractivity contribution in [3.8, 4) is 0 Å². The third-order valence-corrected chi connectivity index (χ3v) is 2.84. The van der Waals surface area contributed by atoms with Crippen LogP contribution in [0.1, 0.15) is 12.0 Å². The molecule has 1 N–H and O–H groups in total. The summed E-state index contributed by atoms with van der Waals surface area (Å²) in [5.41, 5.74) is 1.24.